The Balaban J connectivity index is 1.79. The average molecular weight is 558 g/mol. The van der Waals surface area contributed by atoms with Crippen LogP contribution in [0.1, 0.15) is 78.2 Å². The van der Waals surface area contributed by atoms with Crippen LogP contribution in [0.4, 0.5) is 0 Å². The highest BCUT2D eigenvalue weighted by Crippen LogP contribution is 2.36. The molecule has 1 aliphatic carbocycles. The molecule has 9 heteroatoms. The van der Waals surface area contributed by atoms with Gasteiger partial charge in [-0.3, -0.25) is 19.2 Å². The van der Waals surface area contributed by atoms with Crippen LogP contribution < -0.4 is 10.1 Å². The molecule has 4 atom stereocenters. The predicted octanol–water partition coefficient (Wildman–Crippen LogP) is 3.62. The van der Waals surface area contributed by atoms with Crippen molar-refractivity contribution >= 4 is 23.3 Å². The van der Waals surface area contributed by atoms with Gasteiger partial charge in [-0.2, -0.15) is 0 Å². The molecule has 40 heavy (non-hydrogen) atoms. The molecule has 0 saturated carbocycles. The van der Waals surface area contributed by atoms with E-state index in [2.05, 4.69) is 11.4 Å². The van der Waals surface area contributed by atoms with E-state index >= 15 is 0 Å². The number of phenols is 1. The first kappa shape index (κ1) is 31.5. The molecule has 1 heterocycles. The Hall–Kier alpha value is -3.04. The van der Waals surface area contributed by atoms with Crippen molar-refractivity contribution in [3.8, 4) is 11.5 Å². The number of carbonyl (C=O) groups is 4. The van der Waals surface area contributed by atoms with Gasteiger partial charge in [0.1, 0.15) is 11.4 Å². The molecule has 3 rings (SSSR count). The van der Waals surface area contributed by atoms with Gasteiger partial charge in [0.15, 0.2) is 23.1 Å². The molecular weight excluding hydrogens is 514 g/mol. The minimum absolute atomic E-state index is 0.0613. The number of epoxide rings is 1. The third kappa shape index (κ3) is 8.99. The number of phenolic OH excluding ortho intramolecular Hbond substituents is 1. The number of ketones is 3. The molecule has 0 aromatic heterocycles. The first-order chi connectivity index (χ1) is 18.7. The summed E-state index contributed by atoms with van der Waals surface area (Å²) >= 11 is 0. The molecule has 0 unspecified atom stereocenters. The lowest BCUT2D eigenvalue weighted by atomic mass is 9.83. The third-order valence-electron chi connectivity index (χ3n) is 7.56. The van der Waals surface area contributed by atoms with Crippen molar-refractivity contribution in [1.29, 1.82) is 0 Å². The molecule has 220 valence electrons. The number of ether oxygens (including phenoxy) is 2. The molecule has 1 aromatic rings. The first-order valence-electron chi connectivity index (χ1n) is 14.0. The number of amides is 1. The quantitative estimate of drug-likeness (QED) is 0.207. The highest BCUT2D eigenvalue weighted by molar-refractivity contribution is 5.97. The van der Waals surface area contributed by atoms with Crippen LogP contribution in [0.2, 0.25) is 0 Å². The number of aliphatic hydroxyl groups is 1. The zero-order valence-electron chi connectivity index (χ0n) is 24.2. The van der Waals surface area contributed by atoms with Crippen molar-refractivity contribution in [3.63, 3.8) is 0 Å². The topological polar surface area (TPSA) is 143 Å². The van der Waals surface area contributed by atoms with Gasteiger partial charge in [-0.25, -0.2) is 0 Å². The molecule has 1 fully saturated rings. The van der Waals surface area contributed by atoms with Crippen molar-refractivity contribution in [1.82, 2.24) is 5.32 Å². The molecule has 1 aliphatic heterocycles. The normalized spacial score (nSPS) is 20.7. The predicted molar refractivity (Wildman–Crippen MR) is 149 cm³/mol. The van der Waals surface area contributed by atoms with E-state index in [4.69, 9.17) is 9.47 Å². The van der Waals surface area contributed by atoms with E-state index in [1.807, 2.05) is 0 Å². The maximum absolute atomic E-state index is 13.7. The monoisotopic (exact) mass is 557 g/mol. The van der Waals surface area contributed by atoms with Crippen molar-refractivity contribution in [2.24, 2.45) is 11.8 Å². The Morgan fingerprint density at radius 3 is 2.42 bits per heavy atom. The average Bonchev–Trinajstić information content (AvgIpc) is 3.40. The van der Waals surface area contributed by atoms with Crippen molar-refractivity contribution in [2.45, 2.75) is 96.3 Å². The number of rotatable bonds is 16. The van der Waals surface area contributed by atoms with E-state index in [0.717, 1.165) is 24.8 Å². The standard InChI is InChI=1S/C31H43NO8/c1-19(12-23(33)17-30(2,3)38)29(37)32-24(14-21-10-11-27(39-5)26(35)15-21)25(34)16-22(13-20-8-6-7-9-20)28(36)31(4)18-40-31/h8,10-11,15,19,22,24,35,38H,6-7,9,12-14,16-18H2,1-5H3,(H,32,37)/t19-,22+,24-,31+/m0/s1. The second-order valence-corrected chi connectivity index (χ2v) is 12.1. The number of aromatic hydroxyl groups is 1. The molecule has 0 bridgehead atoms. The fourth-order valence-electron chi connectivity index (χ4n) is 5.21. The summed E-state index contributed by atoms with van der Waals surface area (Å²) in [6, 6.07) is 3.78. The van der Waals surface area contributed by atoms with Crippen LogP contribution in [0.25, 0.3) is 0 Å². The van der Waals surface area contributed by atoms with Gasteiger partial charge in [-0.1, -0.05) is 24.6 Å². The summed E-state index contributed by atoms with van der Waals surface area (Å²) in [7, 11) is 1.43. The molecular formula is C31H43NO8. The lowest BCUT2D eigenvalue weighted by Crippen LogP contribution is -2.46. The smallest absolute Gasteiger partial charge is 0.223 e. The van der Waals surface area contributed by atoms with Gasteiger partial charge in [0.05, 0.1) is 25.4 Å². The minimum Gasteiger partial charge on any atom is -0.504 e. The molecule has 1 saturated heterocycles. The van der Waals surface area contributed by atoms with Crippen LogP contribution in [0.15, 0.2) is 29.8 Å². The third-order valence-corrected chi connectivity index (χ3v) is 7.56. The van der Waals surface area contributed by atoms with Crippen LogP contribution in [0, 0.1) is 11.8 Å². The van der Waals surface area contributed by atoms with E-state index in [1.54, 1.807) is 26.0 Å². The summed E-state index contributed by atoms with van der Waals surface area (Å²) in [4.78, 5) is 52.6. The fraction of sp³-hybridized carbons (Fsp3) is 0.613. The summed E-state index contributed by atoms with van der Waals surface area (Å²) in [5.74, 6) is -2.25. The van der Waals surface area contributed by atoms with Gasteiger partial charge in [0, 0.05) is 31.1 Å². The number of methoxy groups -OCH3 is 1. The van der Waals surface area contributed by atoms with Gasteiger partial charge >= 0.3 is 0 Å². The Bertz CT molecular complexity index is 1140. The van der Waals surface area contributed by atoms with Gasteiger partial charge in [0.2, 0.25) is 5.91 Å². The van der Waals surface area contributed by atoms with Gasteiger partial charge < -0.3 is 25.0 Å². The molecule has 0 spiro atoms. The van der Waals surface area contributed by atoms with Crippen LogP contribution in [0.5, 0.6) is 11.5 Å². The number of hydrogen-bond acceptors (Lipinski definition) is 8. The van der Waals surface area contributed by atoms with E-state index in [-0.39, 0.29) is 54.5 Å². The number of allylic oxidation sites excluding steroid dienone is 2. The number of nitrogens with one attached hydrogen (secondary N) is 1. The Labute approximate surface area is 236 Å². The minimum atomic E-state index is -1.18. The summed E-state index contributed by atoms with van der Waals surface area (Å²) in [6.07, 6.45) is 5.37. The Morgan fingerprint density at radius 2 is 1.88 bits per heavy atom. The Kier molecular flexibility index (Phi) is 10.3. The molecule has 0 radical (unpaired) electrons. The summed E-state index contributed by atoms with van der Waals surface area (Å²) in [6.45, 7) is 6.73. The lowest BCUT2D eigenvalue weighted by molar-refractivity contribution is -0.134. The Morgan fingerprint density at radius 1 is 1.18 bits per heavy atom. The lowest BCUT2D eigenvalue weighted by Gasteiger charge is -2.24. The van der Waals surface area contributed by atoms with Crippen LogP contribution in [0.3, 0.4) is 0 Å². The molecule has 2 aliphatic rings. The van der Waals surface area contributed by atoms with Crippen LogP contribution in [-0.2, 0) is 30.3 Å². The van der Waals surface area contributed by atoms with Gasteiger partial charge in [-0.15, -0.1) is 0 Å². The molecule has 1 aromatic carbocycles. The second kappa shape index (κ2) is 13.1. The van der Waals surface area contributed by atoms with E-state index in [9.17, 15) is 29.4 Å². The van der Waals surface area contributed by atoms with E-state index in [1.165, 1.54) is 27.0 Å². The van der Waals surface area contributed by atoms with Crippen molar-refractivity contribution in [2.75, 3.05) is 13.7 Å². The van der Waals surface area contributed by atoms with E-state index < -0.39 is 35.0 Å². The number of benzene rings is 1. The maximum atomic E-state index is 13.7. The number of hydrogen-bond donors (Lipinski definition) is 3. The fourth-order valence-corrected chi connectivity index (χ4v) is 5.21. The van der Waals surface area contributed by atoms with Gasteiger partial charge in [0.25, 0.3) is 0 Å². The summed E-state index contributed by atoms with van der Waals surface area (Å²) in [5.41, 5.74) is -0.294. The number of Topliss-reactive ketones (excluding diaryl/α,β-unsaturated/α-hetero) is 3. The summed E-state index contributed by atoms with van der Waals surface area (Å²) in [5, 5.41) is 23.0. The second-order valence-electron chi connectivity index (χ2n) is 12.1. The molecule has 1 amide bonds. The molecule has 3 N–H and O–H groups in total. The van der Waals surface area contributed by atoms with Crippen LogP contribution in [-0.4, -0.2) is 64.4 Å². The highest BCUT2D eigenvalue weighted by Gasteiger charge is 2.50. The first-order valence-corrected chi connectivity index (χ1v) is 14.0. The van der Waals surface area contributed by atoms with E-state index in [0.29, 0.717) is 18.6 Å². The molecule has 9 nitrogen and oxygen atoms in total. The van der Waals surface area contributed by atoms with Crippen molar-refractivity contribution in [3.05, 3.63) is 35.4 Å². The van der Waals surface area contributed by atoms with Crippen LogP contribution >= 0.6 is 0 Å². The maximum Gasteiger partial charge on any atom is 0.223 e. The zero-order chi connectivity index (χ0) is 29.7. The van der Waals surface area contributed by atoms with Crippen molar-refractivity contribution < 1.29 is 38.9 Å². The number of carbonyl (C=O) groups excluding carboxylic acids is 4. The summed E-state index contributed by atoms with van der Waals surface area (Å²) < 4.78 is 10.5. The SMILES string of the molecule is COc1ccc(C[C@H](NC(=O)[C@@H](C)CC(=O)CC(C)(C)O)C(=O)C[C@@H](CC2=CCCC2)C(=O)[C@@]2(C)CO2)cc1O. The zero-order valence-corrected chi connectivity index (χ0v) is 24.2. The largest absolute Gasteiger partial charge is 0.504 e. The highest BCUT2D eigenvalue weighted by atomic mass is 16.6. The van der Waals surface area contributed by atoms with Gasteiger partial charge in [-0.05, 0) is 70.6 Å².